The Hall–Kier alpha value is -3.06. The van der Waals surface area contributed by atoms with Crippen LogP contribution in [0.15, 0.2) is 53.6 Å². The Kier molecular flexibility index (Phi) is 6.79. The van der Waals surface area contributed by atoms with Crippen LogP contribution in [-0.4, -0.2) is 50.4 Å². The maximum absolute atomic E-state index is 14.6. The highest BCUT2D eigenvalue weighted by molar-refractivity contribution is 6.04. The van der Waals surface area contributed by atoms with Crippen LogP contribution >= 0.6 is 0 Å². The summed E-state index contributed by atoms with van der Waals surface area (Å²) in [5.74, 6) is -2.26. The normalized spacial score (nSPS) is 18.5. The van der Waals surface area contributed by atoms with Crippen molar-refractivity contribution < 1.29 is 18.4 Å². The molecule has 7 heteroatoms. The smallest absolute Gasteiger partial charge is 0.254 e. The van der Waals surface area contributed by atoms with Gasteiger partial charge in [-0.15, -0.1) is 0 Å². The summed E-state index contributed by atoms with van der Waals surface area (Å²) in [6, 6.07) is 11.6. The molecule has 0 aromatic heterocycles. The van der Waals surface area contributed by atoms with Crippen molar-refractivity contribution in [3.05, 3.63) is 81.9 Å². The number of allylic oxidation sites excluding steroid dienone is 1. The fraction of sp³-hybridized carbons (Fsp3) is 0.360. The zero-order valence-electron chi connectivity index (χ0n) is 19.1. The molecule has 0 heterocycles. The van der Waals surface area contributed by atoms with Gasteiger partial charge in [-0.25, -0.2) is 8.78 Å². The summed E-state index contributed by atoms with van der Waals surface area (Å²) in [4.78, 5) is 26.4. The molecule has 2 aromatic carbocycles. The van der Waals surface area contributed by atoms with Crippen molar-refractivity contribution in [2.75, 3.05) is 27.7 Å². The molecule has 0 aliphatic heterocycles. The highest BCUT2D eigenvalue weighted by atomic mass is 19.1. The molecule has 0 saturated heterocycles. The molecular weight excluding hydrogens is 412 g/mol. The van der Waals surface area contributed by atoms with Crippen LogP contribution in [-0.2, 0) is 16.6 Å². The molecule has 3 rings (SSSR count). The number of amides is 2. The third kappa shape index (κ3) is 4.43. The molecule has 0 saturated carbocycles. The zero-order chi connectivity index (χ0) is 23.6. The van der Waals surface area contributed by atoms with E-state index in [0.29, 0.717) is 0 Å². The zero-order valence-corrected chi connectivity index (χ0v) is 19.1. The van der Waals surface area contributed by atoms with Crippen molar-refractivity contribution in [3.8, 4) is 0 Å². The number of benzene rings is 2. The van der Waals surface area contributed by atoms with Gasteiger partial charge in [0.05, 0.1) is 5.56 Å². The number of carbonyl (C=O) groups is 2. The average molecular weight is 442 g/mol. The summed E-state index contributed by atoms with van der Waals surface area (Å²) in [5, 5.41) is 5.25. The van der Waals surface area contributed by atoms with E-state index in [2.05, 4.69) is 10.6 Å². The van der Waals surface area contributed by atoms with Crippen molar-refractivity contribution in [2.45, 2.75) is 31.7 Å². The van der Waals surface area contributed by atoms with Crippen LogP contribution in [0.3, 0.4) is 0 Å². The van der Waals surface area contributed by atoms with Crippen LogP contribution in [0.2, 0.25) is 0 Å². The van der Waals surface area contributed by atoms with Crippen molar-refractivity contribution in [1.82, 2.24) is 15.5 Å². The number of rotatable bonds is 8. The van der Waals surface area contributed by atoms with E-state index in [-0.39, 0.29) is 41.5 Å². The Morgan fingerprint density at radius 3 is 2.31 bits per heavy atom. The Morgan fingerprint density at radius 2 is 1.72 bits per heavy atom. The molecule has 1 aliphatic rings. The fourth-order valence-corrected chi connectivity index (χ4v) is 4.10. The van der Waals surface area contributed by atoms with Gasteiger partial charge in [0.15, 0.2) is 0 Å². The SMILES string of the molecule is CNC(=O)c1cc(F)c(C[C@@H](CNC(=O)C2=C(C)C2(C)c2ccccc2)N(C)C)cc1F. The van der Waals surface area contributed by atoms with Crippen LogP contribution in [0, 0.1) is 11.6 Å². The molecule has 1 aliphatic carbocycles. The van der Waals surface area contributed by atoms with Gasteiger partial charge in [-0.2, -0.15) is 0 Å². The lowest BCUT2D eigenvalue weighted by atomic mass is 9.90. The number of nitrogens with zero attached hydrogens (tertiary/aromatic N) is 1. The molecule has 2 amide bonds. The molecule has 2 N–H and O–H groups in total. The second kappa shape index (κ2) is 9.20. The minimum Gasteiger partial charge on any atom is -0.355 e. The monoisotopic (exact) mass is 441 g/mol. The second-order valence-corrected chi connectivity index (χ2v) is 8.53. The van der Waals surface area contributed by atoms with Gasteiger partial charge in [0.1, 0.15) is 11.6 Å². The topological polar surface area (TPSA) is 61.4 Å². The van der Waals surface area contributed by atoms with Crippen molar-refractivity contribution in [1.29, 1.82) is 0 Å². The molecule has 32 heavy (non-hydrogen) atoms. The molecule has 0 bridgehead atoms. The largest absolute Gasteiger partial charge is 0.355 e. The summed E-state index contributed by atoms with van der Waals surface area (Å²) in [5.41, 5.74) is 2.29. The molecule has 0 spiro atoms. The van der Waals surface area contributed by atoms with Crippen LogP contribution in [0.1, 0.15) is 35.3 Å². The summed E-state index contributed by atoms with van der Waals surface area (Å²) < 4.78 is 28.9. The number of halogens is 2. The first kappa shape index (κ1) is 23.6. The van der Waals surface area contributed by atoms with Gasteiger partial charge in [-0.3, -0.25) is 9.59 Å². The number of carbonyl (C=O) groups excluding carboxylic acids is 2. The Balaban J connectivity index is 1.69. The molecule has 2 aromatic rings. The Bertz CT molecular complexity index is 1070. The average Bonchev–Trinajstić information content (AvgIpc) is 3.34. The van der Waals surface area contributed by atoms with Gasteiger partial charge in [0, 0.05) is 30.6 Å². The lowest BCUT2D eigenvalue weighted by Crippen LogP contribution is -2.42. The van der Waals surface area contributed by atoms with E-state index in [1.165, 1.54) is 7.05 Å². The van der Waals surface area contributed by atoms with Crippen LogP contribution in [0.5, 0.6) is 0 Å². The summed E-state index contributed by atoms with van der Waals surface area (Å²) in [6.45, 7) is 4.26. The standard InChI is InChI=1S/C25H29F2N3O2/c1-15-22(25(15,2)17-9-7-6-8-10-17)24(32)29-14-18(30(4)5)11-16-12-21(27)19(13-20(16)26)23(31)28-3/h6-10,12-13,18H,11,14H2,1-5H3,(H,28,31)(H,29,32)/t18-,25?/m0/s1. The van der Waals surface area contributed by atoms with Crippen LogP contribution in [0.4, 0.5) is 8.78 Å². The van der Waals surface area contributed by atoms with Gasteiger partial charge in [0.25, 0.3) is 5.91 Å². The minimum atomic E-state index is -0.778. The summed E-state index contributed by atoms with van der Waals surface area (Å²) in [6.07, 6.45) is 0.179. The van der Waals surface area contributed by atoms with Gasteiger partial charge < -0.3 is 15.5 Å². The van der Waals surface area contributed by atoms with E-state index >= 15 is 0 Å². The number of hydrogen-bond acceptors (Lipinski definition) is 3. The number of nitrogens with one attached hydrogen (secondary N) is 2. The van der Waals surface area contributed by atoms with Gasteiger partial charge >= 0.3 is 0 Å². The fourth-order valence-electron chi connectivity index (χ4n) is 4.10. The summed E-state index contributed by atoms with van der Waals surface area (Å²) >= 11 is 0. The highest BCUT2D eigenvalue weighted by Gasteiger charge is 2.51. The molecule has 0 radical (unpaired) electrons. The first-order chi connectivity index (χ1) is 15.1. The molecule has 1 unspecified atom stereocenters. The van der Waals surface area contributed by atoms with Crippen LogP contribution in [0.25, 0.3) is 0 Å². The predicted octanol–water partition coefficient (Wildman–Crippen LogP) is 3.20. The molecule has 0 fully saturated rings. The van der Waals surface area contributed by atoms with E-state index in [9.17, 15) is 18.4 Å². The highest BCUT2D eigenvalue weighted by Crippen LogP contribution is 2.53. The third-order valence-corrected chi connectivity index (χ3v) is 6.43. The maximum atomic E-state index is 14.6. The molecule has 2 atom stereocenters. The lowest BCUT2D eigenvalue weighted by molar-refractivity contribution is -0.117. The van der Waals surface area contributed by atoms with Gasteiger partial charge in [-0.1, -0.05) is 30.3 Å². The first-order valence-electron chi connectivity index (χ1n) is 10.5. The Labute approximate surface area is 187 Å². The molecule has 5 nitrogen and oxygen atoms in total. The lowest BCUT2D eigenvalue weighted by Gasteiger charge is -2.25. The molecule has 170 valence electrons. The number of hydrogen-bond donors (Lipinski definition) is 2. The van der Waals surface area contributed by atoms with Gasteiger partial charge in [-0.05, 0) is 63.2 Å². The maximum Gasteiger partial charge on any atom is 0.254 e. The quantitative estimate of drug-likeness (QED) is 0.662. The van der Waals surface area contributed by atoms with Crippen molar-refractivity contribution in [2.24, 2.45) is 0 Å². The van der Waals surface area contributed by atoms with Crippen molar-refractivity contribution in [3.63, 3.8) is 0 Å². The Morgan fingerprint density at radius 1 is 1.06 bits per heavy atom. The molecular formula is C25H29F2N3O2. The van der Waals surface area contributed by atoms with E-state index < -0.39 is 17.5 Å². The van der Waals surface area contributed by atoms with Crippen molar-refractivity contribution >= 4 is 11.8 Å². The first-order valence-corrected chi connectivity index (χ1v) is 10.5. The predicted molar refractivity (Wildman–Crippen MR) is 120 cm³/mol. The van der Waals surface area contributed by atoms with E-state index in [1.807, 2.05) is 63.2 Å². The van der Waals surface area contributed by atoms with Crippen LogP contribution < -0.4 is 10.6 Å². The number of likely N-dealkylation sites (N-methyl/N-ethyl adjacent to an activating group) is 1. The summed E-state index contributed by atoms with van der Waals surface area (Å²) in [7, 11) is 5.00. The third-order valence-electron chi connectivity index (χ3n) is 6.43. The van der Waals surface area contributed by atoms with Gasteiger partial charge in [0.2, 0.25) is 5.91 Å². The van der Waals surface area contributed by atoms with E-state index in [4.69, 9.17) is 0 Å². The van der Waals surface area contributed by atoms with E-state index in [0.717, 1.165) is 28.8 Å². The minimum absolute atomic E-state index is 0.151. The second-order valence-electron chi connectivity index (χ2n) is 8.53. The van der Waals surface area contributed by atoms with E-state index in [1.54, 1.807) is 0 Å².